The van der Waals surface area contributed by atoms with E-state index in [9.17, 15) is 14.0 Å². The Labute approximate surface area is 167 Å². The van der Waals surface area contributed by atoms with Crippen LogP contribution in [0.25, 0.3) is 0 Å². The number of amides is 2. The second-order valence-corrected chi connectivity index (χ2v) is 6.63. The summed E-state index contributed by atoms with van der Waals surface area (Å²) in [5, 5.41) is 6.23. The summed E-state index contributed by atoms with van der Waals surface area (Å²) >= 11 is 5.84. The predicted octanol–water partition coefficient (Wildman–Crippen LogP) is 4.34. The lowest BCUT2D eigenvalue weighted by molar-refractivity contribution is 0.0939. The van der Waals surface area contributed by atoms with E-state index < -0.39 is 0 Å². The van der Waals surface area contributed by atoms with E-state index >= 15 is 0 Å². The minimum Gasteiger partial charge on any atom is -0.348 e. The maximum atomic E-state index is 12.9. The monoisotopic (exact) mass is 396 g/mol. The Morgan fingerprint density at radius 1 is 0.679 bits per heavy atom. The van der Waals surface area contributed by atoms with Gasteiger partial charge in [-0.05, 0) is 59.7 Å². The molecule has 3 aromatic carbocycles. The van der Waals surface area contributed by atoms with Crippen molar-refractivity contribution in [3.8, 4) is 0 Å². The standard InChI is InChI=1S/C22H18ClFN2O2/c23-19-9-1-15(2-10-19)13-25-21(27)17-5-7-18(8-6-17)22(28)26-14-16-3-11-20(24)12-4-16/h1-12H,13-14H2,(H,25,27)(H,26,28). The topological polar surface area (TPSA) is 58.2 Å². The zero-order valence-electron chi connectivity index (χ0n) is 14.9. The quantitative estimate of drug-likeness (QED) is 0.651. The Hall–Kier alpha value is -3.18. The SMILES string of the molecule is O=C(NCc1ccc(F)cc1)c1ccc(C(=O)NCc2ccc(Cl)cc2)cc1. The van der Waals surface area contributed by atoms with Gasteiger partial charge in [0.2, 0.25) is 0 Å². The molecule has 2 amide bonds. The van der Waals surface area contributed by atoms with Crippen molar-refractivity contribution in [1.29, 1.82) is 0 Å². The minimum absolute atomic E-state index is 0.228. The minimum atomic E-state index is -0.319. The normalized spacial score (nSPS) is 10.4. The van der Waals surface area contributed by atoms with Crippen molar-refractivity contribution in [3.05, 3.63) is 106 Å². The summed E-state index contributed by atoms with van der Waals surface area (Å²) in [6, 6.07) is 19.5. The number of hydrogen-bond donors (Lipinski definition) is 2. The smallest absolute Gasteiger partial charge is 0.251 e. The van der Waals surface area contributed by atoms with Crippen molar-refractivity contribution < 1.29 is 14.0 Å². The molecule has 0 atom stereocenters. The van der Waals surface area contributed by atoms with Gasteiger partial charge in [0.05, 0.1) is 0 Å². The van der Waals surface area contributed by atoms with E-state index in [0.29, 0.717) is 29.2 Å². The van der Waals surface area contributed by atoms with Gasteiger partial charge in [-0.25, -0.2) is 4.39 Å². The Morgan fingerprint density at radius 3 is 1.50 bits per heavy atom. The molecular formula is C22H18ClFN2O2. The van der Waals surface area contributed by atoms with Gasteiger partial charge in [-0.3, -0.25) is 9.59 Å². The number of carbonyl (C=O) groups is 2. The summed E-state index contributed by atoms with van der Waals surface area (Å²) < 4.78 is 12.9. The van der Waals surface area contributed by atoms with Crippen molar-refractivity contribution in [1.82, 2.24) is 10.6 Å². The van der Waals surface area contributed by atoms with E-state index in [0.717, 1.165) is 11.1 Å². The lowest BCUT2D eigenvalue weighted by Gasteiger charge is -2.08. The van der Waals surface area contributed by atoms with Gasteiger partial charge in [0.25, 0.3) is 11.8 Å². The Bertz CT molecular complexity index is 875. The van der Waals surface area contributed by atoms with Crippen LogP contribution in [0.3, 0.4) is 0 Å². The number of nitrogens with one attached hydrogen (secondary N) is 2. The molecule has 6 heteroatoms. The summed E-state index contributed by atoms with van der Waals surface area (Å²) in [5.41, 5.74) is 2.64. The zero-order chi connectivity index (χ0) is 19.9. The zero-order valence-corrected chi connectivity index (χ0v) is 15.7. The van der Waals surface area contributed by atoms with Crippen molar-refractivity contribution in [2.45, 2.75) is 13.1 Å². The molecule has 0 heterocycles. The van der Waals surface area contributed by atoms with Gasteiger partial charge in [0.1, 0.15) is 5.82 Å². The molecule has 0 spiro atoms. The van der Waals surface area contributed by atoms with E-state index in [1.807, 2.05) is 12.1 Å². The van der Waals surface area contributed by atoms with E-state index in [4.69, 9.17) is 11.6 Å². The molecule has 0 unspecified atom stereocenters. The molecule has 0 aliphatic carbocycles. The average molecular weight is 397 g/mol. The highest BCUT2D eigenvalue weighted by atomic mass is 35.5. The van der Waals surface area contributed by atoms with Gasteiger partial charge in [0.15, 0.2) is 0 Å². The van der Waals surface area contributed by atoms with Gasteiger partial charge >= 0.3 is 0 Å². The Balaban J connectivity index is 1.53. The van der Waals surface area contributed by atoms with Gasteiger partial charge in [-0.2, -0.15) is 0 Å². The van der Waals surface area contributed by atoms with Gasteiger partial charge in [0, 0.05) is 29.2 Å². The molecule has 2 N–H and O–H groups in total. The highest BCUT2D eigenvalue weighted by molar-refractivity contribution is 6.30. The van der Waals surface area contributed by atoms with Crippen LogP contribution in [-0.2, 0) is 13.1 Å². The number of hydrogen-bond acceptors (Lipinski definition) is 2. The van der Waals surface area contributed by atoms with Crippen molar-refractivity contribution in [2.24, 2.45) is 0 Å². The van der Waals surface area contributed by atoms with Crippen LogP contribution in [0, 0.1) is 5.82 Å². The summed E-state index contributed by atoms with van der Waals surface area (Å²) in [4.78, 5) is 24.4. The Morgan fingerprint density at radius 2 is 1.07 bits per heavy atom. The molecule has 0 radical (unpaired) electrons. The maximum absolute atomic E-state index is 12.9. The molecule has 0 aliphatic heterocycles. The fourth-order valence-electron chi connectivity index (χ4n) is 2.55. The first-order chi connectivity index (χ1) is 13.5. The number of benzene rings is 3. The molecule has 142 valence electrons. The molecule has 3 rings (SSSR count). The van der Waals surface area contributed by atoms with Crippen LogP contribution in [0.15, 0.2) is 72.8 Å². The Kier molecular flexibility index (Phi) is 6.40. The van der Waals surface area contributed by atoms with E-state index in [2.05, 4.69) is 10.6 Å². The second-order valence-electron chi connectivity index (χ2n) is 6.20. The molecule has 0 aliphatic rings. The van der Waals surface area contributed by atoms with Crippen molar-refractivity contribution in [3.63, 3.8) is 0 Å². The lowest BCUT2D eigenvalue weighted by atomic mass is 10.1. The first-order valence-electron chi connectivity index (χ1n) is 8.66. The molecule has 0 saturated carbocycles. The molecule has 0 fully saturated rings. The van der Waals surface area contributed by atoms with Crippen LogP contribution in [0.1, 0.15) is 31.8 Å². The lowest BCUT2D eigenvalue weighted by Crippen LogP contribution is -2.24. The van der Waals surface area contributed by atoms with Crippen molar-refractivity contribution in [2.75, 3.05) is 0 Å². The van der Waals surface area contributed by atoms with Gasteiger partial charge in [-0.1, -0.05) is 35.9 Å². The van der Waals surface area contributed by atoms with Crippen LogP contribution in [-0.4, -0.2) is 11.8 Å². The van der Waals surface area contributed by atoms with E-state index in [1.54, 1.807) is 48.5 Å². The highest BCUT2D eigenvalue weighted by Gasteiger charge is 2.09. The summed E-state index contributed by atoms with van der Waals surface area (Å²) in [6.07, 6.45) is 0. The number of carbonyl (C=O) groups excluding carboxylic acids is 2. The molecular weight excluding hydrogens is 379 g/mol. The molecule has 28 heavy (non-hydrogen) atoms. The molecule has 0 saturated heterocycles. The maximum Gasteiger partial charge on any atom is 0.251 e. The third-order valence-corrected chi connectivity index (χ3v) is 4.39. The summed E-state index contributed by atoms with van der Waals surface area (Å²) in [6.45, 7) is 0.679. The van der Waals surface area contributed by atoms with Crippen LogP contribution >= 0.6 is 11.6 Å². The third-order valence-electron chi connectivity index (χ3n) is 4.14. The van der Waals surface area contributed by atoms with Crippen LogP contribution in [0.5, 0.6) is 0 Å². The summed E-state index contributed by atoms with van der Waals surface area (Å²) in [7, 11) is 0. The fourth-order valence-corrected chi connectivity index (χ4v) is 2.67. The second kappa shape index (κ2) is 9.15. The third kappa shape index (κ3) is 5.41. The van der Waals surface area contributed by atoms with Gasteiger partial charge < -0.3 is 10.6 Å². The molecule has 4 nitrogen and oxygen atoms in total. The van der Waals surface area contributed by atoms with Crippen LogP contribution in [0.2, 0.25) is 5.02 Å². The van der Waals surface area contributed by atoms with E-state index in [1.165, 1.54) is 12.1 Å². The van der Waals surface area contributed by atoms with Crippen LogP contribution < -0.4 is 10.6 Å². The first kappa shape index (κ1) is 19.6. The molecule has 0 aromatic heterocycles. The van der Waals surface area contributed by atoms with Crippen LogP contribution in [0.4, 0.5) is 4.39 Å². The first-order valence-corrected chi connectivity index (χ1v) is 9.04. The highest BCUT2D eigenvalue weighted by Crippen LogP contribution is 2.10. The average Bonchev–Trinajstić information content (AvgIpc) is 2.72. The van der Waals surface area contributed by atoms with E-state index in [-0.39, 0.29) is 17.6 Å². The predicted molar refractivity (Wildman–Crippen MR) is 107 cm³/mol. The summed E-state index contributed by atoms with van der Waals surface area (Å²) in [5.74, 6) is -0.814. The van der Waals surface area contributed by atoms with Gasteiger partial charge in [-0.15, -0.1) is 0 Å². The largest absolute Gasteiger partial charge is 0.348 e. The number of halogens is 2. The number of rotatable bonds is 6. The molecule has 3 aromatic rings. The fraction of sp³-hybridized carbons (Fsp3) is 0.0909. The molecule has 0 bridgehead atoms. The van der Waals surface area contributed by atoms with Crippen molar-refractivity contribution >= 4 is 23.4 Å².